The van der Waals surface area contributed by atoms with Crippen molar-refractivity contribution in [2.24, 2.45) is 16.7 Å². The molecular weight excluding hydrogens is 392 g/mol. The van der Waals surface area contributed by atoms with E-state index in [4.69, 9.17) is 4.74 Å². The van der Waals surface area contributed by atoms with Crippen LogP contribution in [-0.4, -0.2) is 59.6 Å². The molecule has 0 saturated heterocycles. The topological polar surface area (TPSA) is 70.1 Å². The minimum absolute atomic E-state index is 0.0115. The SMILES string of the molecule is CCN(CC(C)(C)COCC(C)(C)CN(Cc1cccc(O)c1)C(C)=O)C(=O)C(C)C. The number of aromatic hydroxyl groups is 1. The molecule has 176 valence electrons. The Morgan fingerprint density at radius 3 is 2.03 bits per heavy atom. The van der Waals surface area contributed by atoms with Crippen molar-refractivity contribution in [1.82, 2.24) is 9.80 Å². The average molecular weight is 435 g/mol. The van der Waals surface area contributed by atoms with Crippen LogP contribution in [0.25, 0.3) is 0 Å². The zero-order valence-corrected chi connectivity index (χ0v) is 20.7. The molecule has 0 aliphatic heterocycles. The van der Waals surface area contributed by atoms with Gasteiger partial charge in [0.2, 0.25) is 11.8 Å². The lowest BCUT2D eigenvalue weighted by molar-refractivity contribution is -0.136. The van der Waals surface area contributed by atoms with Gasteiger partial charge in [-0.25, -0.2) is 0 Å². The maximum Gasteiger partial charge on any atom is 0.225 e. The molecule has 2 amide bonds. The van der Waals surface area contributed by atoms with Crippen molar-refractivity contribution in [3.63, 3.8) is 0 Å². The first kappa shape index (κ1) is 27.0. The van der Waals surface area contributed by atoms with E-state index < -0.39 is 0 Å². The standard InChI is InChI=1S/C25H42N2O4/c1-9-26(23(30)19(2)3)15-24(5,6)17-31-18-25(7,8)16-27(20(4)28)14-21-11-10-12-22(29)13-21/h10-13,19,29H,9,14-18H2,1-8H3. The highest BCUT2D eigenvalue weighted by Crippen LogP contribution is 2.24. The van der Waals surface area contributed by atoms with Crippen molar-refractivity contribution in [3.05, 3.63) is 29.8 Å². The first-order valence-electron chi connectivity index (χ1n) is 11.2. The summed E-state index contributed by atoms with van der Waals surface area (Å²) < 4.78 is 6.08. The van der Waals surface area contributed by atoms with E-state index in [2.05, 4.69) is 27.7 Å². The fourth-order valence-electron chi connectivity index (χ4n) is 3.59. The van der Waals surface area contributed by atoms with Crippen molar-refractivity contribution in [1.29, 1.82) is 0 Å². The number of carbonyl (C=O) groups is 2. The quantitative estimate of drug-likeness (QED) is 0.532. The highest BCUT2D eigenvalue weighted by atomic mass is 16.5. The Morgan fingerprint density at radius 2 is 1.58 bits per heavy atom. The molecule has 0 unspecified atom stereocenters. The molecule has 1 rings (SSSR count). The average Bonchev–Trinajstić information content (AvgIpc) is 2.64. The molecule has 6 heteroatoms. The van der Waals surface area contributed by atoms with Crippen molar-refractivity contribution in [3.8, 4) is 5.75 Å². The number of ether oxygens (including phenoxy) is 1. The van der Waals surface area contributed by atoms with Crippen LogP contribution in [0.3, 0.4) is 0 Å². The molecule has 1 N–H and O–H groups in total. The van der Waals surface area contributed by atoms with Crippen molar-refractivity contribution < 1.29 is 19.4 Å². The number of rotatable bonds is 12. The lowest BCUT2D eigenvalue weighted by Gasteiger charge is -2.35. The van der Waals surface area contributed by atoms with E-state index in [1.165, 1.54) is 0 Å². The maximum absolute atomic E-state index is 12.4. The predicted molar refractivity (Wildman–Crippen MR) is 125 cm³/mol. The summed E-state index contributed by atoms with van der Waals surface area (Å²) in [5.74, 6) is 0.338. The number of phenolic OH excluding ortho intramolecular Hbond substituents is 1. The molecule has 0 aliphatic rings. The number of phenols is 1. The summed E-state index contributed by atoms with van der Waals surface area (Å²) in [5, 5.41) is 9.69. The Bertz CT molecular complexity index is 728. The number of benzene rings is 1. The van der Waals surface area contributed by atoms with E-state index in [0.717, 1.165) is 5.56 Å². The molecule has 0 aromatic heterocycles. The third-order valence-electron chi connectivity index (χ3n) is 5.14. The molecule has 0 saturated carbocycles. The Hall–Kier alpha value is -2.08. The molecular formula is C25H42N2O4. The number of carbonyl (C=O) groups excluding carboxylic acids is 2. The summed E-state index contributed by atoms with van der Waals surface area (Å²) in [6.07, 6.45) is 0. The fourth-order valence-corrected chi connectivity index (χ4v) is 3.59. The van der Waals surface area contributed by atoms with Gasteiger partial charge < -0.3 is 19.6 Å². The van der Waals surface area contributed by atoms with Crippen molar-refractivity contribution in [2.75, 3.05) is 32.8 Å². The van der Waals surface area contributed by atoms with Crippen LogP contribution in [0.2, 0.25) is 0 Å². The lowest BCUT2D eigenvalue weighted by Crippen LogP contribution is -2.43. The Morgan fingerprint density at radius 1 is 1.03 bits per heavy atom. The third-order valence-corrected chi connectivity index (χ3v) is 5.14. The smallest absolute Gasteiger partial charge is 0.225 e. The van der Waals surface area contributed by atoms with Crippen molar-refractivity contribution >= 4 is 11.8 Å². The second-order valence-corrected chi connectivity index (χ2v) is 10.4. The monoisotopic (exact) mass is 434 g/mol. The number of hydrogen-bond acceptors (Lipinski definition) is 4. The van der Waals surface area contributed by atoms with E-state index in [9.17, 15) is 14.7 Å². The molecule has 6 nitrogen and oxygen atoms in total. The summed E-state index contributed by atoms with van der Waals surface area (Å²) in [7, 11) is 0. The maximum atomic E-state index is 12.4. The third kappa shape index (κ3) is 9.72. The molecule has 0 spiro atoms. The van der Waals surface area contributed by atoms with Gasteiger partial charge in [0.05, 0.1) is 13.2 Å². The summed E-state index contributed by atoms with van der Waals surface area (Å²) in [4.78, 5) is 28.3. The van der Waals surface area contributed by atoms with Crippen LogP contribution in [0.5, 0.6) is 5.75 Å². The van der Waals surface area contributed by atoms with Crippen LogP contribution in [0.4, 0.5) is 0 Å². The molecule has 0 aliphatic carbocycles. The van der Waals surface area contributed by atoms with Crippen LogP contribution in [0.15, 0.2) is 24.3 Å². The lowest BCUT2D eigenvalue weighted by atomic mass is 9.91. The normalized spacial score (nSPS) is 12.2. The number of nitrogens with zero attached hydrogens (tertiary/aromatic N) is 2. The van der Waals surface area contributed by atoms with Crippen LogP contribution < -0.4 is 0 Å². The number of amides is 2. The second kappa shape index (κ2) is 11.5. The van der Waals surface area contributed by atoms with Gasteiger partial charge in [-0.1, -0.05) is 53.7 Å². The van der Waals surface area contributed by atoms with Gasteiger partial charge in [-0.15, -0.1) is 0 Å². The van der Waals surface area contributed by atoms with Gasteiger partial charge in [0.15, 0.2) is 0 Å². The van der Waals surface area contributed by atoms with E-state index in [1.54, 1.807) is 30.0 Å². The van der Waals surface area contributed by atoms with Crippen LogP contribution in [0.1, 0.15) is 61.0 Å². The van der Waals surface area contributed by atoms with E-state index >= 15 is 0 Å². The zero-order chi connectivity index (χ0) is 23.8. The largest absolute Gasteiger partial charge is 0.508 e. The van der Waals surface area contributed by atoms with Gasteiger partial charge in [-0.05, 0) is 24.6 Å². The van der Waals surface area contributed by atoms with E-state index in [-0.39, 0.29) is 34.3 Å². The first-order chi connectivity index (χ1) is 14.3. The van der Waals surface area contributed by atoms with Gasteiger partial charge >= 0.3 is 0 Å². The Balaban J connectivity index is 2.65. The molecule has 0 fully saturated rings. The summed E-state index contributed by atoms with van der Waals surface area (Å²) in [6, 6.07) is 6.98. The highest BCUT2D eigenvalue weighted by molar-refractivity contribution is 5.78. The zero-order valence-electron chi connectivity index (χ0n) is 20.7. The summed E-state index contributed by atoms with van der Waals surface area (Å²) >= 11 is 0. The molecule has 0 atom stereocenters. The van der Waals surface area contributed by atoms with E-state index in [0.29, 0.717) is 39.4 Å². The van der Waals surface area contributed by atoms with Gasteiger partial charge in [0, 0.05) is 49.9 Å². The molecule has 1 aromatic carbocycles. The Labute approximate surface area is 188 Å². The molecule has 0 heterocycles. The minimum Gasteiger partial charge on any atom is -0.508 e. The second-order valence-electron chi connectivity index (χ2n) is 10.4. The Kier molecular flexibility index (Phi) is 10.0. The van der Waals surface area contributed by atoms with Gasteiger partial charge in [-0.3, -0.25) is 9.59 Å². The van der Waals surface area contributed by atoms with Crippen LogP contribution in [-0.2, 0) is 20.9 Å². The molecule has 31 heavy (non-hydrogen) atoms. The van der Waals surface area contributed by atoms with Gasteiger partial charge in [0.1, 0.15) is 5.75 Å². The predicted octanol–water partition coefficient (Wildman–Crippen LogP) is 4.31. The number of hydrogen-bond donors (Lipinski definition) is 1. The molecule has 0 radical (unpaired) electrons. The van der Waals surface area contributed by atoms with Gasteiger partial charge in [-0.2, -0.15) is 0 Å². The fraction of sp³-hybridized carbons (Fsp3) is 0.680. The van der Waals surface area contributed by atoms with Crippen molar-refractivity contribution in [2.45, 2.75) is 61.9 Å². The minimum atomic E-state index is -0.239. The summed E-state index contributed by atoms with van der Waals surface area (Å²) in [5.41, 5.74) is 0.484. The van der Waals surface area contributed by atoms with Crippen LogP contribution in [0, 0.1) is 16.7 Å². The highest BCUT2D eigenvalue weighted by Gasteiger charge is 2.28. The van der Waals surface area contributed by atoms with E-state index in [1.807, 2.05) is 31.7 Å². The molecule has 1 aromatic rings. The first-order valence-corrected chi connectivity index (χ1v) is 11.2. The molecule has 0 bridgehead atoms. The van der Waals surface area contributed by atoms with Crippen LogP contribution >= 0.6 is 0 Å². The summed E-state index contributed by atoms with van der Waals surface area (Å²) in [6.45, 7) is 19.2. The van der Waals surface area contributed by atoms with Gasteiger partial charge in [0.25, 0.3) is 0 Å².